The van der Waals surface area contributed by atoms with Crippen LogP contribution in [0.1, 0.15) is 24.5 Å². The molecule has 0 aliphatic heterocycles. The highest BCUT2D eigenvalue weighted by Crippen LogP contribution is 2.26. The first-order valence-corrected chi connectivity index (χ1v) is 10.6. The van der Waals surface area contributed by atoms with Gasteiger partial charge in [0, 0.05) is 33.2 Å². The molecule has 0 heterocycles. The van der Waals surface area contributed by atoms with Gasteiger partial charge in [-0.05, 0) is 24.5 Å². The number of methoxy groups -OCH3 is 1. The highest BCUT2D eigenvalue weighted by atomic mass is 127. The number of aliphatic imine (C=N–C) groups is 1. The molecule has 31 heavy (non-hydrogen) atoms. The average molecular weight is 541 g/mol. The van der Waals surface area contributed by atoms with E-state index in [9.17, 15) is 5.11 Å². The van der Waals surface area contributed by atoms with Gasteiger partial charge in [0.05, 0.1) is 19.8 Å². The zero-order valence-corrected chi connectivity index (χ0v) is 20.9. The summed E-state index contributed by atoms with van der Waals surface area (Å²) in [6, 6.07) is 19.8. The quantitative estimate of drug-likeness (QED) is 0.157. The van der Waals surface area contributed by atoms with Gasteiger partial charge in [-0.1, -0.05) is 60.7 Å². The minimum absolute atomic E-state index is 0. The number of ether oxygens (including phenoxy) is 2. The molecule has 3 N–H and O–H groups in total. The second-order valence-corrected chi connectivity index (χ2v) is 7.14. The summed E-state index contributed by atoms with van der Waals surface area (Å²) in [5.41, 5.74) is 0.846. The summed E-state index contributed by atoms with van der Waals surface area (Å²) in [5, 5.41) is 18.1. The van der Waals surface area contributed by atoms with Crippen molar-refractivity contribution in [3.05, 3.63) is 71.8 Å². The fourth-order valence-electron chi connectivity index (χ4n) is 3.11. The lowest BCUT2D eigenvalue weighted by Gasteiger charge is -2.28. The van der Waals surface area contributed by atoms with Gasteiger partial charge in [-0.3, -0.25) is 0 Å². The third kappa shape index (κ3) is 10.5. The van der Waals surface area contributed by atoms with E-state index in [-0.39, 0.29) is 30.5 Å². The standard InChI is InChI=1S/C24H35N3O3.HI/c1-3-25-23(26-15-10-16-30-18-17-29-2)27-20-24(28,22-13-8-5-9-14-22)19-21-11-6-4-7-12-21;/h4-9,11-14,28H,3,10,15-20H2,1-2H3,(H2,25,26,27);1H. The molecule has 0 aromatic heterocycles. The van der Waals surface area contributed by atoms with E-state index in [0.29, 0.717) is 32.2 Å². The maximum absolute atomic E-state index is 11.6. The van der Waals surface area contributed by atoms with Gasteiger partial charge in [-0.15, -0.1) is 24.0 Å². The maximum Gasteiger partial charge on any atom is 0.191 e. The number of halogens is 1. The summed E-state index contributed by atoms with van der Waals surface area (Å²) in [5.74, 6) is 0.691. The first kappa shape index (κ1) is 27.4. The summed E-state index contributed by atoms with van der Waals surface area (Å²) in [4.78, 5) is 4.69. The molecule has 0 aliphatic carbocycles. The predicted molar refractivity (Wildman–Crippen MR) is 137 cm³/mol. The topological polar surface area (TPSA) is 75.1 Å². The van der Waals surface area contributed by atoms with Crippen LogP contribution in [0.3, 0.4) is 0 Å². The Balaban J connectivity index is 0.00000480. The summed E-state index contributed by atoms with van der Waals surface area (Å²) in [7, 11) is 1.67. The molecule has 6 nitrogen and oxygen atoms in total. The van der Waals surface area contributed by atoms with Gasteiger partial charge in [-0.2, -0.15) is 0 Å². The lowest BCUT2D eigenvalue weighted by Crippen LogP contribution is -2.40. The molecule has 0 saturated heterocycles. The van der Waals surface area contributed by atoms with Crippen LogP contribution in [0.5, 0.6) is 0 Å². The van der Waals surface area contributed by atoms with Gasteiger partial charge in [0.15, 0.2) is 5.96 Å². The Kier molecular flexibility index (Phi) is 14.1. The van der Waals surface area contributed by atoms with Crippen LogP contribution in [0, 0.1) is 0 Å². The Morgan fingerprint density at radius 2 is 1.65 bits per heavy atom. The van der Waals surface area contributed by atoms with E-state index in [2.05, 4.69) is 15.6 Å². The van der Waals surface area contributed by atoms with Gasteiger partial charge < -0.3 is 25.2 Å². The molecule has 0 saturated carbocycles. The van der Waals surface area contributed by atoms with Crippen LogP contribution in [0.2, 0.25) is 0 Å². The van der Waals surface area contributed by atoms with E-state index in [1.807, 2.05) is 67.6 Å². The zero-order chi connectivity index (χ0) is 21.5. The van der Waals surface area contributed by atoms with Crippen molar-refractivity contribution >= 4 is 29.9 Å². The predicted octanol–water partition coefficient (Wildman–Crippen LogP) is 3.34. The molecule has 0 bridgehead atoms. The Morgan fingerprint density at radius 1 is 0.968 bits per heavy atom. The summed E-state index contributed by atoms with van der Waals surface area (Å²) in [6.45, 7) is 5.65. The van der Waals surface area contributed by atoms with Crippen molar-refractivity contribution in [1.82, 2.24) is 10.6 Å². The molecule has 0 fully saturated rings. The average Bonchev–Trinajstić information content (AvgIpc) is 2.78. The molecule has 2 rings (SSSR count). The molecular weight excluding hydrogens is 505 g/mol. The van der Waals surface area contributed by atoms with Crippen LogP contribution in [-0.4, -0.2) is 57.6 Å². The van der Waals surface area contributed by atoms with Gasteiger partial charge in [0.2, 0.25) is 0 Å². The third-order valence-corrected chi connectivity index (χ3v) is 4.68. The van der Waals surface area contributed by atoms with Crippen molar-refractivity contribution in [3.8, 4) is 0 Å². The fourth-order valence-corrected chi connectivity index (χ4v) is 3.11. The van der Waals surface area contributed by atoms with Crippen LogP contribution in [0.25, 0.3) is 0 Å². The lowest BCUT2D eigenvalue weighted by molar-refractivity contribution is 0.0467. The summed E-state index contributed by atoms with van der Waals surface area (Å²) < 4.78 is 10.5. The molecule has 1 atom stereocenters. The highest BCUT2D eigenvalue weighted by molar-refractivity contribution is 14.0. The van der Waals surface area contributed by atoms with E-state index in [4.69, 9.17) is 9.47 Å². The van der Waals surface area contributed by atoms with Crippen LogP contribution in [-0.2, 0) is 21.5 Å². The number of hydrogen-bond donors (Lipinski definition) is 3. The van der Waals surface area contributed by atoms with Crippen molar-refractivity contribution in [3.63, 3.8) is 0 Å². The van der Waals surface area contributed by atoms with E-state index in [1.54, 1.807) is 7.11 Å². The molecule has 0 radical (unpaired) electrons. The molecule has 172 valence electrons. The Bertz CT molecular complexity index is 731. The van der Waals surface area contributed by atoms with Crippen molar-refractivity contribution in [1.29, 1.82) is 0 Å². The molecule has 2 aromatic carbocycles. The number of nitrogens with one attached hydrogen (secondary N) is 2. The number of nitrogens with zero attached hydrogens (tertiary/aromatic N) is 1. The first-order chi connectivity index (χ1) is 14.7. The van der Waals surface area contributed by atoms with E-state index < -0.39 is 5.60 Å². The minimum atomic E-state index is -1.09. The van der Waals surface area contributed by atoms with Crippen molar-refractivity contribution in [2.75, 3.05) is 46.6 Å². The SMILES string of the molecule is CCNC(=NCC(O)(Cc1ccccc1)c1ccccc1)NCCCOCCOC.I. The minimum Gasteiger partial charge on any atom is -0.383 e. The second-order valence-electron chi connectivity index (χ2n) is 7.14. The van der Waals surface area contributed by atoms with Gasteiger partial charge >= 0.3 is 0 Å². The summed E-state index contributed by atoms with van der Waals surface area (Å²) in [6.07, 6.45) is 1.36. The number of benzene rings is 2. The van der Waals surface area contributed by atoms with Gasteiger partial charge in [0.1, 0.15) is 5.60 Å². The Hall–Kier alpha value is -1.68. The van der Waals surface area contributed by atoms with Crippen LogP contribution in [0.15, 0.2) is 65.7 Å². The lowest BCUT2D eigenvalue weighted by atomic mass is 9.87. The molecule has 0 aliphatic rings. The Labute approximate surface area is 203 Å². The summed E-state index contributed by atoms with van der Waals surface area (Å²) >= 11 is 0. The fraction of sp³-hybridized carbons (Fsp3) is 0.458. The van der Waals surface area contributed by atoms with Gasteiger partial charge in [0.25, 0.3) is 0 Å². The molecule has 2 aromatic rings. The normalized spacial score (nSPS) is 13.2. The molecular formula is C24H36IN3O3. The van der Waals surface area contributed by atoms with E-state index in [1.165, 1.54) is 0 Å². The van der Waals surface area contributed by atoms with Crippen LogP contribution < -0.4 is 10.6 Å². The van der Waals surface area contributed by atoms with E-state index in [0.717, 1.165) is 30.6 Å². The zero-order valence-electron chi connectivity index (χ0n) is 18.5. The molecule has 7 heteroatoms. The van der Waals surface area contributed by atoms with E-state index >= 15 is 0 Å². The number of guanidine groups is 1. The Morgan fingerprint density at radius 3 is 2.29 bits per heavy atom. The third-order valence-electron chi connectivity index (χ3n) is 4.68. The van der Waals surface area contributed by atoms with Crippen LogP contribution in [0.4, 0.5) is 0 Å². The largest absolute Gasteiger partial charge is 0.383 e. The van der Waals surface area contributed by atoms with Crippen molar-refractivity contribution in [2.45, 2.75) is 25.4 Å². The van der Waals surface area contributed by atoms with Gasteiger partial charge in [-0.25, -0.2) is 4.99 Å². The van der Waals surface area contributed by atoms with Crippen LogP contribution >= 0.6 is 24.0 Å². The first-order valence-electron chi connectivity index (χ1n) is 10.6. The second kappa shape index (κ2) is 16.0. The molecule has 1 unspecified atom stereocenters. The molecule has 0 amide bonds. The number of hydrogen-bond acceptors (Lipinski definition) is 4. The smallest absolute Gasteiger partial charge is 0.191 e. The monoisotopic (exact) mass is 541 g/mol. The number of rotatable bonds is 13. The van der Waals surface area contributed by atoms with Crippen molar-refractivity contribution in [2.24, 2.45) is 4.99 Å². The maximum atomic E-state index is 11.6. The number of aliphatic hydroxyl groups is 1. The highest BCUT2D eigenvalue weighted by Gasteiger charge is 2.29. The molecule has 0 spiro atoms. The van der Waals surface area contributed by atoms with Crippen molar-refractivity contribution < 1.29 is 14.6 Å².